The molecule has 0 spiro atoms. The molecular weight excluding hydrogens is 467 g/mol. The van der Waals surface area contributed by atoms with Crippen LogP contribution in [0.1, 0.15) is 63.7 Å². The Hall–Kier alpha value is -5.03. The molecule has 0 fully saturated rings. The minimum absolute atomic E-state index is 0.00332. The van der Waals surface area contributed by atoms with Crippen molar-refractivity contribution < 1.29 is 23.6 Å². The fourth-order valence-electron chi connectivity index (χ4n) is 4.25. The second-order valence-corrected chi connectivity index (χ2v) is 8.47. The minimum Gasteiger partial charge on any atom is -0.289 e. The van der Waals surface area contributed by atoms with E-state index in [0.717, 1.165) is 11.1 Å². The predicted octanol–water partition coefficient (Wildman–Crippen LogP) is 6.39. The lowest BCUT2D eigenvalue weighted by Gasteiger charge is -2.19. The fraction of sp³-hybridized carbons (Fsp3) is 0. The van der Waals surface area contributed by atoms with E-state index in [-0.39, 0.29) is 33.8 Å². The van der Waals surface area contributed by atoms with Crippen LogP contribution in [0.15, 0.2) is 103 Å². The topological polar surface area (TPSA) is 68.3 Å². The number of allylic oxidation sites excluding steroid dienone is 2. The Labute approximate surface area is 212 Å². The van der Waals surface area contributed by atoms with Crippen LogP contribution in [-0.2, 0) is 0 Å². The Morgan fingerprint density at radius 2 is 1.03 bits per heavy atom. The Kier molecular flexibility index (Phi) is 6.35. The highest BCUT2D eigenvalue weighted by Crippen LogP contribution is 2.30. The van der Waals surface area contributed by atoms with Crippen LogP contribution in [0.25, 0.3) is 12.2 Å². The van der Waals surface area contributed by atoms with Crippen LogP contribution in [0.5, 0.6) is 0 Å². The smallest absolute Gasteiger partial charge is 0.195 e. The molecule has 0 unspecified atom stereocenters. The summed E-state index contributed by atoms with van der Waals surface area (Å²) >= 11 is 0. The van der Waals surface area contributed by atoms with Crippen LogP contribution >= 0.6 is 0 Å². The lowest BCUT2D eigenvalue weighted by Crippen LogP contribution is -2.23. The third kappa shape index (κ3) is 4.62. The summed E-state index contributed by atoms with van der Waals surface area (Å²) in [6, 6.07) is 24.2. The zero-order valence-corrected chi connectivity index (χ0v) is 19.5. The highest BCUT2D eigenvalue weighted by Gasteiger charge is 2.32. The summed E-state index contributed by atoms with van der Waals surface area (Å²) in [5.41, 5.74) is 2.61. The van der Waals surface area contributed by atoms with Gasteiger partial charge in [0, 0.05) is 27.8 Å². The molecule has 4 aromatic rings. The SMILES string of the molecule is O=C(/C=C/c1ccc(/C=C/C(=O)c2cccc3c2C(=O)c2ccccc2C3=O)cc1)c1ccccc1F. The van der Waals surface area contributed by atoms with Crippen LogP contribution in [0.3, 0.4) is 0 Å². The lowest BCUT2D eigenvalue weighted by molar-refractivity contribution is 0.0972. The van der Waals surface area contributed by atoms with Crippen molar-refractivity contribution in [2.45, 2.75) is 0 Å². The molecule has 5 heteroatoms. The summed E-state index contributed by atoms with van der Waals surface area (Å²) in [6.07, 6.45) is 5.87. The van der Waals surface area contributed by atoms with Crippen LogP contribution in [0.4, 0.5) is 4.39 Å². The zero-order valence-electron chi connectivity index (χ0n) is 19.5. The number of benzene rings is 4. The lowest BCUT2D eigenvalue weighted by atomic mass is 9.81. The summed E-state index contributed by atoms with van der Waals surface area (Å²) < 4.78 is 13.8. The molecule has 0 atom stereocenters. The predicted molar refractivity (Wildman–Crippen MR) is 139 cm³/mol. The van der Waals surface area contributed by atoms with Crippen molar-refractivity contribution in [2.75, 3.05) is 0 Å². The van der Waals surface area contributed by atoms with Crippen LogP contribution in [0, 0.1) is 5.82 Å². The normalized spacial score (nSPS) is 12.6. The minimum atomic E-state index is -0.572. The molecule has 0 radical (unpaired) electrons. The average molecular weight is 486 g/mol. The van der Waals surface area contributed by atoms with Crippen molar-refractivity contribution in [1.82, 2.24) is 0 Å². The second-order valence-electron chi connectivity index (χ2n) is 8.47. The first kappa shape index (κ1) is 23.7. The zero-order chi connectivity index (χ0) is 25.9. The molecule has 178 valence electrons. The first-order chi connectivity index (χ1) is 17.9. The number of fused-ring (bicyclic) bond motifs is 2. The summed E-state index contributed by atoms with van der Waals surface area (Å²) in [6.45, 7) is 0. The largest absolute Gasteiger partial charge is 0.289 e. The van der Waals surface area contributed by atoms with Gasteiger partial charge in [0.1, 0.15) is 5.82 Å². The summed E-state index contributed by atoms with van der Waals surface area (Å²) in [5, 5.41) is 0. The van der Waals surface area contributed by atoms with Gasteiger partial charge in [0.2, 0.25) is 0 Å². The standard InChI is InChI=1S/C32H19FO4/c33-27-11-4-3-8-24(27)28(34)18-16-20-12-14-21(15-13-20)17-19-29(35)25-9-5-10-26-30(25)32(37)23-7-2-1-6-22(23)31(26)36/h1-19H/b18-16+,19-17+. The van der Waals surface area contributed by atoms with Crippen LogP contribution < -0.4 is 0 Å². The molecule has 0 heterocycles. The number of ketones is 4. The van der Waals surface area contributed by atoms with Crippen molar-refractivity contribution in [3.63, 3.8) is 0 Å². The average Bonchev–Trinajstić information content (AvgIpc) is 2.93. The van der Waals surface area contributed by atoms with Gasteiger partial charge in [0.25, 0.3) is 0 Å². The maximum absolute atomic E-state index is 13.8. The van der Waals surface area contributed by atoms with Crippen LogP contribution in [0.2, 0.25) is 0 Å². The molecule has 0 aromatic heterocycles. The van der Waals surface area contributed by atoms with E-state index in [4.69, 9.17) is 0 Å². The number of carbonyl (C=O) groups is 4. The molecule has 37 heavy (non-hydrogen) atoms. The van der Waals surface area contributed by atoms with Gasteiger partial charge >= 0.3 is 0 Å². The molecular formula is C32H19FO4. The summed E-state index contributed by atoms with van der Waals surface area (Å²) in [5.74, 6) is -2.02. The van der Waals surface area contributed by atoms with Crippen LogP contribution in [-0.4, -0.2) is 23.1 Å². The number of halogens is 1. The van der Waals surface area contributed by atoms with E-state index in [2.05, 4.69) is 0 Å². The van der Waals surface area contributed by atoms with Crippen molar-refractivity contribution in [2.24, 2.45) is 0 Å². The van der Waals surface area contributed by atoms with Gasteiger partial charge in [0.05, 0.1) is 5.56 Å². The van der Waals surface area contributed by atoms with Gasteiger partial charge < -0.3 is 0 Å². The first-order valence-electron chi connectivity index (χ1n) is 11.5. The molecule has 0 saturated carbocycles. The molecule has 0 N–H and O–H groups in total. The maximum Gasteiger partial charge on any atom is 0.195 e. The van der Waals surface area contributed by atoms with Gasteiger partial charge in [-0.05, 0) is 35.4 Å². The van der Waals surface area contributed by atoms with E-state index in [1.807, 2.05) is 0 Å². The van der Waals surface area contributed by atoms with Gasteiger partial charge in [-0.2, -0.15) is 0 Å². The van der Waals surface area contributed by atoms with Crippen molar-refractivity contribution >= 4 is 35.3 Å². The van der Waals surface area contributed by atoms with E-state index >= 15 is 0 Å². The molecule has 1 aliphatic rings. The van der Waals surface area contributed by atoms with E-state index in [0.29, 0.717) is 11.1 Å². The molecule has 5 rings (SSSR count). The third-order valence-corrected chi connectivity index (χ3v) is 6.15. The maximum atomic E-state index is 13.8. The van der Waals surface area contributed by atoms with Gasteiger partial charge in [-0.3, -0.25) is 19.2 Å². The number of carbonyl (C=O) groups excluding carboxylic acids is 4. The monoisotopic (exact) mass is 486 g/mol. The van der Waals surface area contributed by atoms with Crippen molar-refractivity contribution in [3.05, 3.63) is 153 Å². The highest BCUT2D eigenvalue weighted by molar-refractivity contribution is 6.31. The Bertz CT molecular complexity index is 1640. The molecule has 0 bridgehead atoms. The van der Waals surface area contributed by atoms with Crippen molar-refractivity contribution in [3.8, 4) is 0 Å². The van der Waals surface area contributed by atoms with E-state index in [1.165, 1.54) is 30.4 Å². The molecule has 1 aliphatic carbocycles. The number of hydrogen-bond acceptors (Lipinski definition) is 4. The first-order valence-corrected chi connectivity index (χ1v) is 11.5. The van der Waals surface area contributed by atoms with Gasteiger partial charge in [-0.15, -0.1) is 0 Å². The molecule has 0 aliphatic heterocycles. The third-order valence-electron chi connectivity index (χ3n) is 6.15. The van der Waals surface area contributed by atoms with Gasteiger partial charge in [-0.1, -0.05) is 91.0 Å². The fourth-order valence-corrected chi connectivity index (χ4v) is 4.25. The van der Waals surface area contributed by atoms with E-state index in [9.17, 15) is 23.6 Å². The Balaban J connectivity index is 1.33. The quantitative estimate of drug-likeness (QED) is 0.206. The highest BCUT2D eigenvalue weighted by atomic mass is 19.1. The van der Waals surface area contributed by atoms with E-state index in [1.54, 1.807) is 84.9 Å². The number of hydrogen-bond donors (Lipinski definition) is 0. The summed E-state index contributed by atoms with van der Waals surface area (Å²) in [4.78, 5) is 51.3. The summed E-state index contributed by atoms with van der Waals surface area (Å²) in [7, 11) is 0. The van der Waals surface area contributed by atoms with Crippen molar-refractivity contribution in [1.29, 1.82) is 0 Å². The molecule has 0 saturated heterocycles. The van der Waals surface area contributed by atoms with E-state index < -0.39 is 17.4 Å². The molecule has 0 amide bonds. The van der Waals surface area contributed by atoms with Gasteiger partial charge in [0.15, 0.2) is 23.1 Å². The Morgan fingerprint density at radius 3 is 1.65 bits per heavy atom. The number of rotatable bonds is 6. The van der Waals surface area contributed by atoms with Gasteiger partial charge in [-0.25, -0.2) is 4.39 Å². The second kappa shape index (κ2) is 9.91. The molecule has 4 aromatic carbocycles. The Morgan fingerprint density at radius 1 is 0.541 bits per heavy atom. The molecule has 4 nitrogen and oxygen atoms in total.